The van der Waals surface area contributed by atoms with Gasteiger partial charge in [-0.2, -0.15) is 0 Å². The maximum atomic E-state index is 5.73. The number of nitrogens with zero attached hydrogens (tertiary/aromatic N) is 1. The number of benzene rings is 1. The molecule has 0 atom stereocenters. The van der Waals surface area contributed by atoms with Crippen molar-refractivity contribution >= 4 is 0 Å². The summed E-state index contributed by atoms with van der Waals surface area (Å²) >= 11 is 0. The van der Waals surface area contributed by atoms with Gasteiger partial charge in [0.25, 0.3) is 0 Å². The van der Waals surface area contributed by atoms with Gasteiger partial charge in [0.05, 0.1) is 5.69 Å². The van der Waals surface area contributed by atoms with E-state index >= 15 is 0 Å². The van der Waals surface area contributed by atoms with Crippen LogP contribution in [0.25, 0.3) is 11.3 Å². The lowest BCUT2D eigenvalue weighted by molar-refractivity contribution is 0.426. The summed E-state index contributed by atoms with van der Waals surface area (Å²) in [5.74, 6) is 0.803. The lowest BCUT2D eigenvalue weighted by Crippen LogP contribution is -1.98. The molecular formula is C15H20N2O. The second-order valence-corrected chi connectivity index (χ2v) is 4.58. The molecule has 1 aromatic carbocycles. The van der Waals surface area contributed by atoms with Gasteiger partial charge < -0.3 is 10.3 Å². The first-order chi connectivity index (χ1) is 8.76. The zero-order chi connectivity index (χ0) is 13.0. The highest BCUT2D eigenvalue weighted by Gasteiger charge is 2.13. The van der Waals surface area contributed by atoms with E-state index in [1.54, 1.807) is 0 Å². The van der Waals surface area contributed by atoms with Crippen molar-refractivity contribution in [3.63, 3.8) is 0 Å². The van der Waals surface area contributed by atoms with E-state index in [9.17, 15) is 0 Å². The molecule has 0 radical (unpaired) electrons. The zero-order valence-electron chi connectivity index (χ0n) is 11.1. The highest BCUT2D eigenvalue weighted by Crippen LogP contribution is 2.26. The van der Waals surface area contributed by atoms with Crippen LogP contribution >= 0.6 is 0 Å². The smallest absolute Gasteiger partial charge is 0.171 e. The van der Waals surface area contributed by atoms with Crippen molar-refractivity contribution in [1.82, 2.24) is 5.16 Å². The Balaban J connectivity index is 2.23. The molecule has 0 saturated heterocycles. The molecule has 3 nitrogen and oxygen atoms in total. The molecule has 0 unspecified atom stereocenters. The van der Waals surface area contributed by atoms with E-state index in [1.165, 1.54) is 18.4 Å². The van der Waals surface area contributed by atoms with Crippen molar-refractivity contribution < 1.29 is 4.52 Å². The molecule has 0 fully saturated rings. The predicted molar refractivity (Wildman–Crippen MR) is 73.2 cm³/mol. The molecule has 0 saturated carbocycles. The van der Waals surface area contributed by atoms with Gasteiger partial charge in [0.2, 0.25) is 0 Å². The number of hydrogen-bond acceptors (Lipinski definition) is 3. The number of nitrogens with two attached hydrogens (primary N) is 1. The first-order valence-electron chi connectivity index (χ1n) is 6.50. The van der Waals surface area contributed by atoms with Crippen LogP contribution in [0.15, 0.2) is 28.8 Å². The van der Waals surface area contributed by atoms with Gasteiger partial charge in [-0.25, -0.2) is 0 Å². The molecule has 3 heteroatoms. The Morgan fingerprint density at radius 3 is 2.56 bits per heavy atom. The molecule has 0 bridgehead atoms. The van der Waals surface area contributed by atoms with Crippen LogP contribution in [0.5, 0.6) is 0 Å². The largest absolute Gasteiger partial charge is 0.356 e. The average Bonchev–Trinajstić information content (AvgIpc) is 2.78. The Labute approximate surface area is 108 Å². The third-order valence-corrected chi connectivity index (χ3v) is 3.22. The maximum absolute atomic E-state index is 5.73. The van der Waals surface area contributed by atoms with E-state index < -0.39 is 0 Å². The van der Waals surface area contributed by atoms with Gasteiger partial charge in [0, 0.05) is 17.7 Å². The molecule has 0 amide bonds. The van der Waals surface area contributed by atoms with Crippen LogP contribution in [-0.2, 0) is 13.0 Å². The van der Waals surface area contributed by atoms with Crippen LogP contribution in [0.3, 0.4) is 0 Å². The van der Waals surface area contributed by atoms with E-state index in [1.807, 2.05) is 6.92 Å². The lowest BCUT2D eigenvalue weighted by Gasteiger charge is -2.03. The lowest BCUT2D eigenvalue weighted by atomic mass is 10.0. The van der Waals surface area contributed by atoms with E-state index in [0.29, 0.717) is 6.54 Å². The van der Waals surface area contributed by atoms with Crippen molar-refractivity contribution in [2.24, 2.45) is 5.73 Å². The second kappa shape index (κ2) is 5.83. The van der Waals surface area contributed by atoms with Crippen molar-refractivity contribution in [2.45, 2.75) is 39.7 Å². The molecule has 2 aromatic rings. The maximum Gasteiger partial charge on any atom is 0.171 e. The summed E-state index contributed by atoms with van der Waals surface area (Å²) in [5.41, 5.74) is 10.0. The van der Waals surface area contributed by atoms with Crippen LogP contribution in [0.4, 0.5) is 0 Å². The fourth-order valence-electron chi connectivity index (χ4n) is 2.06. The van der Waals surface area contributed by atoms with Crippen molar-refractivity contribution in [3.05, 3.63) is 41.1 Å². The number of aromatic nitrogens is 1. The molecule has 1 aromatic heterocycles. The topological polar surface area (TPSA) is 52.0 Å². The fourth-order valence-corrected chi connectivity index (χ4v) is 2.06. The van der Waals surface area contributed by atoms with Gasteiger partial charge >= 0.3 is 0 Å². The van der Waals surface area contributed by atoms with Crippen LogP contribution < -0.4 is 5.73 Å². The number of rotatable bonds is 5. The summed E-state index contributed by atoms with van der Waals surface area (Å²) in [6.45, 7) is 4.59. The van der Waals surface area contributed by atoms with Gasteiger partial charge in [-0.1, -0.05) is 42.8 Å². The van der Waals surface area contributed by atoms with E-state index in [0.717, 1.165) is 29.0 Å². The van der Waals surface area contributed by atoms with Crippen LogP contribution in [-0.4, -0.2) is 5.16 Å². The minimum Gasteiger partial charge on any atom is -0.356 e. The number of hydrogen-bond donors (Lipinski definition) is 1. The number of unbranched alkanes of at least 4 members (excludes halogenated alkanes) is 1. The van der Waals surface area contributed by atoms with E-state index in [-0.39, 0.29) is 0 Å². The van der Waals surface area contributed by atoms with Gasteiger partial charge in [-0.15, -0.1) is 0 Å². The molecule has 1 heterocycles. The molecule has 96 valence electrons. The number of aryl methyl sites for hydroxylation is 2. The van der Waals surface area contributed by atoms with Gasteiger partial charge in [-0.3, -0.25) is 0 Å². The zero-order valence-corrected chi connectivity index (χ0v) is 11.1. The quantitative estimate of drug-likeness (QED) is 0.876. The SMILES string of the molecule is CCCCc1ccc(-c2onc(C)c2CN)cc1. The van der Waals surface area contributed by atoms with Crippen molar-refractivity contribution in [1.29, 1.82) is 0 Å². The molecule has 0 aliphatic carbocycles. The van der Waals surface area contributed by atoms with Crippen LogP contribution in [0.1, 0.15) is 36.6 Å². The predicted octanol–water partition coefficient (Wildman–Crippen LogP) is 3.45. The summed E-state index contributed by atoms with van der Waals surface area (Å²) in [7, 11) is 0. The summed E-state index contributed by atoms with van der Waals surface area (Å²) in [6, 6.07) is 8.49. The first kappa shape index (κ1) is 12.8. The summed E-state index contributed by atoms with van der Waals surface area (Å²) < 4.78 is 5.36. The molecule has 2 rings (SSSR count). The summed E-state index contributed by atoms with van der Waals surface area (Å²) in [5, 5.41) is 3.98. The Hall–Kier alpha value is -1.61. The molecular weight excluding hydrogens is 224 g/mol. The molecule has 2 N–H and O–H groups in total. The Morgan fingerprint density at radius 1 is 1.22 bits per heavy atom. The summed E-state index contributed by atoms with van der Waals surface area (Å²) in [4.78, 5) is 0. The summed E-state index contributed by atoms with van der Waals surface area (Å²) in [6.07, 6.45) is 3.59. The van der Waals surface area contributed by atoms with Crippen molar-refractivity contribution in [3.8, 4) is 11.3 Å². The molecule has 0 aliphatic heterocycles. The average molecular weight is 244 g/mol. The normalized spacial score (nSPS) is 10.8. The highest BCUT2D eigenvalue weighted by molar-refractivity contribution is 5.62. The second-order valence-electron chi connectivity index (χ2n) is 4.58. The van der Waals surface area contributed by atoms with Gasteiger partial charge in [-0.05, 0) is 25.3 Å². The molecule has 18 heavy (non-hydrogen) atoms. The first-order valence-corrected chi connectivity index (χ1v) is 6.50. The standard InChI is InChI=1S/C15H20N2O/c1-3-4-5-12-6-8-13(9-7-12)15-14(10-16)11(2)17-18-15/h6-9H,3-5,10,16H2,1-2H3. The minimum absolute atomic E-state index is 0.461. The third-order valence-electron chi connectivity index (χ3n) is 3.22. The Kier molecular flexibility index (Phi) is 4.15. The Morgan fingerprint density at radius 2 is 1.94 bits per heavy atom. The molecule has 0 aliphatic rings. The van der Waals surface area contributed by atoms with Crippen LogP contribution in [0.2, 0.25) is 0 Å². The fraction of sp³-hybridized carbons (Fsp3) is 0.400. The van der Waals surface area contributed by atoms with E-state index in [4.69, 9.17) is 10.3 Å². The minimum atomic E-state index is 0.461. The highest BCUT2D eigenvalue weighted by atomic mass is 16.5. The monoisotopic (exact) mass is 244 g/mol. The van der Waals surface area contributed by atoms with E-state index in [2.05, 4.69) is 36.3 Å². The molecule has 0 spiro atoms. The van der Waals surface area contributed by atoms with Crippen LogP contribution in [0, 0.1) is 6.92 Å². The Bertz CT molecular complexity index is 500. The third kappa shape index (κ3) is 2.62. The van der Waals surface area contributed by atoms with Crippen molar-refractivity contribution in [2.75, 3.05) is 0 Å². The van der Waals surface area contributed by atoms with Gasteiger partial charge in [0.1, 0.15) is 0 Å². The van der Waals surface area contributed by atoms with Gasteiger partial charge in [0.15, 0.2) is 5.76 Å².